The third kappa shape index (κ3) is 3.29. The Bertz CT molecular complexity index is 2630. The molecule has 0 spiro atoms. The fourth-order valence-electron chi connectivity index (χ4n) is 5.96. The second-order valence-electron chi connectivity index (χ2n) is 10.3. The van der Waals surface area contributed by atoms with E-state index < -0.39 is 0 Å². The van der Waals surface area contributed by atoms with Crippen LogP contribution in [0.2, 0.25) is 0 Å². The van der Waals surface area contributed by atoms with Gasteiger partial charge in [-0.3, -0.25) is 0 Å². The zero-order chi connectivity index (χ0) is 27.8. The van der Waals surface area contributed by atoms with Crippen LogP contribution in [0.1, 0.15) is 0 Å². The van der Waals surface area contributed by atoms with Gasteiger partial charge < -0.3 is 24.4 Å². The lowest BCUT2D eigenvalue weighted by Crippen LogP contribution is -2.10. The molecule has 1 aliphatic heterocycles. The van der Waals surface area contributed by atoms with Crippen LogP contribution in [-0.4, -0.2) is 30.4 Å². The van der Waals surface area contributed by atoms with Crippen molar-refractivity contribution in [3.8, 4) is 5.75 Å². The van der Waals surface area contributed by atoms with Gasteiger partial charge in [-0.25, -0.2) is 20.0 Å². The minimum absolute atomic E-state index is 0.543. The molecule has 1 aliphatic rings. The molecule has 9 rings (SSSR count). The second kappa shape index (κ2) is 8.63. The van der Waals surface area contributed by atoms with Gasteiger partial charge in [-0.15, -0.1) is 0 Å². The molecule has 9 nitrogen and oxygen atoms in total. The molecule has 4 aromatic carbocycles. The van der Waals surface area contributed by atoms with Gasteiger partial charge in [-0.1, -0.05) is 84.9 Å². The quantitative estimate of drug-likeness (QED) is 0.218. The Morgan fingerprint density at radius 1 is 0.405 bits per heavy atom. The average Bonchev–Trinajstić information content (AvgIpc) is 3.76. The van der Waals surface area contributed by atoms with E-state index in [9.17, 15) is 0 Å². The van der Waals surface area contributed by atoms with Crippen molar-refractivity contribution >= 4 is 76.8 Å². The smallest absolute Gasteiger partial charge is 0.204 e. The number of aromatic amines is 4. The van der Waals surface area contributed by atoms with Crippen LogP contribution in [0.15, 0.2) is 111 Å². The van der Waals surface area contributed by atoms with Crippen molar-refractivity contribution in [3.05, 3.63) is 113 Å². The van der Waals surface area contributed by atoms with Gasteiger partial charge >= 0.3 is 0 Å². The SMILES string of the molecule is [SiH3]Oc1cccc2c3[nH]c(c12)N=c1[nH]c(c2ccccc12)=Nc1[nH]c(c2ccccc12)N=c1[nH]c(c2ccccc12)=N3. The summed E-state index contributed by atoms with van der Waals surface area (Å²) in [5.74, 6) is 3.55. The van der Waals surface area contributed by atoms with Crippen LogP contribution >= 0.6 is 0 Å². The van der Waals surface area contributed by atoms with Gasteiger partial charge in [-0.2, -0.15) is 0 Å². The summed E-state index contributed by atoms with van der Waals surface area (Å²) in [4.78, 5) is 34.4. The maximum atomic E-state index is 5.92. The van der Waals surface area contributed by atoms with Crippen LogP contribution < -0.4 is 26.4 Å². The van der Waals surface area contributed by atoms with Crippen molar-refractivity contribution in [2.24, 2.45) is 20.0 Å². The van der Waals surface area contributed by atoms with Gasteiger partial charge in [0, 0.05) is 37.7 Å². The standard InChI is InChI=1S/C32H22N8OSi/c42-41-23-15-7-14-22-24(23)32-39-30-21-13-6-5-12-20(21)28(37-30)35-26-17-9-2-1-8-16(17)25(33-26)34-27-18-10-3-4-11-19(18)29(36-27)38-31(22)40-32/h1-15H,42H3,(H4,33,34,35,36,37,38,39,40). The highest BCUT2D eigenvalue weighted by atomic mass is 28.2. The van der Waals surface area contributed by atoms with E-state index in [1.54, 1.807) is 0 Å². The van der Waals surface area contributed by atoms with Gasteiger partial charge in [0.2, 0.25) is 10.5 Å². The van der Waals surface area contributed by atoms with E-state index in [-0.39, 0.29) is 0 Å². The van der Waals surface area contributed by atoms with Crippen molar-refractivity contribution in [2.45, 2.75) is 0 Å². The molecule has 0 saturated carbocycles. The maximum Gasteiger partial charge on any atom is 0.204 e. The average molecular weight is 563 g/mol. The molecule has 8 bridgehead atoms. The van der Waals surface area contributed by atoms with Gasteiger partial charge in [0.05, 0.1) is 5.39 Å². The molecule has 0 atom stereocenters. The van der Waals surface area contributed by atoms with Crippen LogP contribution in [0.25, 0.3) is 43.1 Å². The summed E-state index contributed by atoms with van der Waals surface area (Å²) in [6.07, 6.45) is 0. The Hall–Kier alpha value is -5.74. The third-order valence-electron chi connectivity index (χ3n) is 7.89. The summed E-state index contributed by atoms with van der Waals surface area (Å²) in [7, 11) is 0.543. The number of fused-ring (bicyclic) bond motifs is 20. The molecule has 4 N–H and O–H groups in total. The van der Waals surface area contributed by atoms with Crippen molar-refractivity contribution in [1.29, 1.82) is 0 Å². The number of aromatic nitrogens is 4. The molecule has 42 heavy (non-hydrogen) atoms. The van der Waals surface area contributed by atoms with Gasteiger partial charge in [-0.05, 0) is 6.07 Å². The summed E-state index contributed by atoms with van der Waals surface area (Å²) < 4.78 is 5.92. The predicted molar refractivity (Wildman–Crippen MR) is 167 cm³/mol. The molecule has 0 unspecified atom stereocenters. The molecule has 0 saturated heterocycles. The molecular weight excluding hydrogens is 540 g/mol. The minimum atomic E-state index is 0.543. The van der Waals surface area contributed by atoms with Crippen LogP contribution in [0, 0.1) is 0 Å². The normalized spacial score (nSPS) is 12.8. The molecule has 8 aromatic rings. The van der Waals surface area contributed by atoms with Gasteiger partial charge in [0.15, 0.2) is 0 Å². The first-order valence-corrected chi connectivity index (χ1v) is 14.4. The Morgan fingerprint density at radius 2 is 0.786 bits per heavy atom. The second-order valence-corrected chi connectivity index (χ2v) is 10.7. The number of nitrogens with one attached hydrogen (secondary N) is 4. The highest BCUT2D eigenvalue weighted by molar-refractivity contribution is 6.07. The van der Waals surface area contributed by atoms with E-state index >= 15 is 0 Å². The van der Waals surface area contributed by atoms with Crippen LogP contribution in [0.3, 0.4) is 0 Å². The predicted octanol–water partition coefficient (Wildman–Crippen LogP) is 4.39. The summed E-state index contributed by atoms with van der Waals surface area (Å²) in [5.41, 5.74) is 2.83. The Balaban J connectivity index is 1.51. The summed E-state index contributed by atoms with van der Waals surface area (Å²) >= 11 is 0. The zero-order valence-corrected chi connectivity index (χ0v) is 24.4. The van der Waals surface area contributed by atoms with Gasteiger partial charge in [0.1, 0.15) is 51.0 Å². The summed E-state index contributed by atoms with van der Waals surface area (Å²) in [6.45, 7) is 0. The highest BCUT2D eigenvalue weighted by Crippen LogP contribution is 2.39. The lowest BCUT2D eigenvalue weighted by molar-refractivity contribution is 0.624. The lowest BCUT2D eigenvalue weighted by Gasteiger charge is -2.02. The van der Waals surface area contributed by atoms with Crippen LogP contribution in [0.4, 0.5) is 23.3 Å². The van der Waals surface area contributed by atoms with Crippen LogP contribution in [-0.2, 0) is 0 Å². The first-order chi connectivity index (χ1) is 20.7. The van der Waals surface area contributed by atoms with E-state index in [0.29, 0.717) is 44.1 Å². The Labute approximate surface area is 239 Å². The van der Waals surface area contributed by atoms with E-state index in [1.165, 1.54) is 0 Å². The van der Waals surface area contributed by atoms with E-state index in [0.717, 1.165) is 60.5 Å². The first-order valence-electron chi connectivity index (χ1n) is 13.6. The molecule has 200 valence electrons. The monoisotopic (exact) mass is 562 g/mol. The topological polar surface area (TPSA) is 122 Å². The molecule has 0 radical (unpaired) electrons. The number of benzene rings is 4. The van der Waals surface area contributed by atoms with E-state index in [2.05, 4.69) is 56.3 Å². The largest absolute Gasteiger partial charge is 0.553 e. The molecular formula is C32H22N8OSi. The van der Waals surface area contributed by atoms with Crippen LogP contribution in [0.5, 0.6) is 5.75 Å². The van der Waals surface area contributed by atoms with Crippen molar-refractivity contribution < 1.29 is 4.43 Å². The number of nitrogens with zero attached hydrogens (tertiary/aromatic N) is 4. The van der Waals surface area contributed by atoms with Crippen molar-refractivity contribution in [2.75, 3.05) is 0 Å². The number of rotatable bonds is 1. The summed E-state index contributed by atoms with van der Waals surface area (Å²) in [5, 5.41) is 7.64. The molecule has 0 aliphatic carbocycles. The maximum absolute atomic E-state index is 5.92. The number of H-pyrrole nitrogens is 4. The molecule has 4 aromatic heterocycles. The molecule has 0 amide bonds. The number of hydrogen-bond donors (Lipinski definition) is 4. The number of hydrogen-bond acceptors (Lipinski definition) is 5. The molecule has 10 heteroatoms. The first kappa shape index (κ1) is 23.0. The van der Waals surface area contributed by atoms with Crippen molar-refractivity contribution in [1.82, 2.24) is 19.9 Å². The minimum Gasteiger partial charge on any atom is -0.553 e. The van der Waals surface area contributed by atoms with E-state index in [1.807, 2.05) is 54.6 Å². The fourth-order valence-corrected chi connectivity index (χ4v) is 6.30. The Morgan fingerprint density at radius 3 is 1.26 bits per heavy atom. The highest BCUT2D eigenvalue weighted by Gasteiger charge is 2.16. The fraction of sp³-hybridized carbons (Fsp3) is 0. The third-order valence-corrected chi connectivity index (χ3v) is 8.33. The summed E-state index contributed by atoms with van der Waals surface area (Å²) in [6, 6.07) is 30.4. The van der Waals surface area contributed by atoms with Gasteiger partial charge in [0.25, 0.3) is 0 Å². The lowest BCUT2D eigenvalue weighted by atomic mass is 10.2. The Kier molecular flexibility index (Phi) is 4.73. The zero-order valence-electron chi connectivity index (χ0n) is 22.4. The molecule has 0 fully saturated rings. The molecule has 5 heterocycles. The van der Waals surface area contributed by atoms with Crippen molar-refractivity contribution in [3.63, 3.8) is 0 Å². The van der Waals surface area contributed by atoms with E-state index in [4.69, 9.17) is 24.4 Å².